The Hall–Kier alpha value is -1.03. The van der Waals surface area contributed by atoms with Gasteiger partial charge in [-0.1, -0.05) is 0 Å². The topological polar surface area (TPSA) is 20.3 Å². The molecule has 0 saturated heterocycles. The van der Waals surface area contributed by atoms with Gasteiger partial charge in [0.15, 0.2) is 0 Å². The first kappa shape index (κ1) is 8.56. The predicted octanol–water partition coefficient (Wildman–Crippen LogP) is 1.70. The van der Waals surface area contributed by atoms with Crippen LogP contribution in [0.1, 0.15) is 15.9 Å². The summed E-state index contributed by atoms with van der Waals surface area (Å²) in [5.74, 6) is -0.499. The Morgan fingerprint density at radius 1 is 1.54 bits per heavy atom. The van der Waals surface area contributed by atoms with E-state index in [4.69, 9.17) is 0 Å². The molecule has 1 heterocycles. The third-order valence-electron chi connectivity index (χ3n) is 2.20. The van der Waals surface area contributed by atoms with Crippen LogP contribution in [0.3, 0.4) is 0 Å². The van der Waals surface area contributed by atoms with Gasteiger partial charge in [0.1, 0.15) is 5.82 Å². The van der Waals surface area contributed by atoms with Crippen molar-refractivity contribution in [2.45, 2.75) is 11.4 Å². The van der Waals surface area contributed by atoms with Gasteiger partial charge in [-0.15, -0.1) is 12.6 Å². The summed E-state index contributed by atoms with van der Waals surface area (Å²) >= 11 is 3.95. The molecule has 4 heteroatoms. The van der Waals surface area contributed by atoms with E-state index in [0.29, 0.717) is 22.6 Å². The normalized spacial score (nSPS) is 15.0. The first-order chi connectivity index (χ1) is 6.11. The van der Waals surface area contributed by atoms with E-state index in [0.717, 1.165) is 0 Å². The standard InChI is InChI=1S/C9H8FNOS/c1-11-4-6-5(9(11)12)2-3-7(13)8(6)10/h2-3,13H,4H2,1H3. The zero-order valence-electron chi connectivity index (χ0n) is 7.04. The highest BCUT2D eigenvalue weighted by Gasteiger charge is 2.27. The van der Waals surface area contributed by atoms with Crippen LogP contribution in [0, 0.1) is 5.82 Å². The van der Waals surface area contributed by atoms with Crippen LogP contribution in [0.4, 0.5) is 4.39 Å². The molecular weight excluding hydrogens is 189 g/mol. The third-order valence-corrected chi connectivity index (χ3v) is 2.54. The molecular formula is C9H8FNOS. The summed E-state index contributed by atoms with van der Waals surface area (Å²) < 4.78 is 13.4. The van der Waals surface area contributed by atoms with E-state index in [1.807, 2.05) is 0 Å². The van der Waals surface area contributed by atoms with Crippen LogP contribution in [-0.4, -0.2) is 17.9 Å². The van der Waals surface area contributed by atoms with Gasteiger partial charge in [-0.25, -0.2) is 4.39 Å². The molecule has 1 aromatic carbocycles. The van der Waals surface area contributed by atoms with Crippen molar-refractivity contribution in [2.24, 2.45) is 0 Å². The van der Waals surface area contributed by atoms with Gasteiger partial charge in [-0.2, -0.15) is 0 Å². The van der Waals surface area contributed by atoms with Crippen LogP contribution < -0.4 is 0 Å². The molecule has 0 fully saturated rings. The average Bonchev–Trinajstić information content (AvgIpc) is 2.38. The van der Waals surface area contributed by atoms with Gasteiger partial charge in [0.25, 0.3) is 5.91 Å². The lowest BCUT2D eigenvalue weighted by molar-refractivity contribution is 0.0816. The van der Waals surface area contributed by atoms with E-state index in [2.05, 4.69) is 12.6 Å². The van der Waals surface area contributed by atoms with Gasteiger partial charge in [-0.3, -0.25) is 4.79 Å². The van der Waals surface area contributed by atoms with E-state index in [9.17, 15) is 9.18 Å². The van der Waals surface area contributed by atoms with Crippen LogP contribution in [0.15, 0.2) is 17.0 Å². The SMILES string of the molecule is CN1Cc2c(ccc(S)c2F)C1=O. The van der Waals surface area contributed by atoms with Crippen molar-refractivity contribution in [3.05, 3.63) is 29.1 Å². The van der Waals surface area contributed by atoms with Crippen molar-refractivity contribution in [2.75, 3.05) is 7.05 Å². The fraction of sp³-hybridized carbons (Fsp3) is 0.222. The Balaban J connectivity index is 2.64. The fourth-order valence-corrected chi connectivity index (χ4v) is 1.69. The van der Waals surface area contributed by atoms with E-state index < -0.39 is 0 Å². The Bertz CT molecular complexity index is 391. The number of fused-ring (bicyclic) bond motifs is 1. The molecule has 0 unspecified atom stereocenters. The monoisotopic (exact) mass is 197 g/mol. The summed E-state index contributed by atoms with van der Waals surface area (Å²) in [6.07, 6.45) is 0. The highest BCUT2D eigenvalue weighted by Crippen LogP contribution is 2.27. The van der Waals surface area contributed by atoms with Crippen molar-refractivity contribution in [1.82, 2.24) is 4.90 Å². The third kappa shape index (κ3) is 1.13. The number of carbonyl (C=O) groups is 1. The quantitative estimate of drug-likeness (QED) is 0.628. The second kappa shape index (κ2) is 2.73. The first-order valence-corrected chi connectivity index (χ1v) is 4.32. The molecule has 0 bridgehead atoms. The van der Waals surface area contributed by atoms with Crippen molar-refractivity contribution in [1.29, 1.82) is 0 Å². The minimum absolute atomic E-state index is 0.123. The molecule has 0 radical (unpaired) electrons. The minimum Gasteiger partial charge on any atom is -0.337 e. The highest BCUT2D eigenvalue weighted by molar-refractivity contribution is 7.80. The van der Waals surface area contributed by atoms with Crippen molar-refractivity contribution >= 4 is 18.5 Å². The minimum atomic E-state index is -0.376. The predicted molar refractivity (Wildman–Crippen MR) is 49.4 cm³/mol. The van der Waals surface area contributed by atoms with Gasteiger partial charge in [0, 0.05) is 29.6 Å². The lowest BCUT2D eigenvalue weighted by Gasteiger charge is -2.04. The van der Waals surface area contributed by atoms with Crippen LogP contribution >= 0.6 is 12.6 Å². The van der Waals surface area contributed by atoms with Crippen LogP contribution in [0.25, 0.3) is 0 Å². The highest BCUT2D eigenvalue weighted by atomic mass is 32.1. The molecule has 0 N–H and O–H groups in total. The number of halogens is 1. The summed E-state index contributed by atoms with van der Waals surface area (Å²) in [7, 11) is 1.65. The number of hydrogen-bond donors (Lipinski definition) is 1. The number of thiol groups is 1. The van der Waals surface area contributed by atoms with Crippen molar-refractivity contribution in [3.63, 3.8) is 0 Å². The summed E-state index contributed by atoms with van der Waals surface area (Å²) in [5, 5.41) is 0. The molecule has 1 aromatic rings. The second-order valence-electron chi connectivity index (χ2n) is 3.09. The van der Waals surface area contributed by atoms with E-state index in [-0.39, 0.29) is 11.7 Å². The number of hydrogen-bond acceptors (Lipinski definition) is 2. The van der Waals surface area contributed by atoms with Gasteiger partial charge < -0.3 is 4.90 Å². The average molecular weight is 197 g/mol. The summed E-state index contributed by atoms with van der Waals surface area (Å²) in [4.78, 5) is 13.2. The zero-order chi connectivity index (χ0) is 9.59. The number of amides is 1. The maximum Gasteiger partial charge on any atom is 0.254 e. The molecule has 13 heavy (non-hydrogen) atoms. The largest absolute Gasteiger partial charge is 0.337 e. The van der Waals surface area contributed by atoms with Crippen LogP contribution in [0.2, 0.25) is 0 Å². The van der Waals surface area contributed by atoms with Gasteiger partial charge in [0.2, 0.25) is 0 Å². The molecule has 2 rings (SSSR count). The van der Waals surface area contributed by atoms with Crippen molar-refractivity contribution < 1.29 is 9.18 Å². The van der Waals surface area contributed by atoms with Crippen LogP contribution in [0.5, 0.6) is 0 Å². The summed E-state index contributed by atoms with van der Waals surface area (Å²) in [5.41, 5.74) is 0.915. The molecule has 1 amide bonds. The Morgan fingerprint density at radius 3 is 2.92 bits per heavy atom. The van der Waals surface area contributed by atoms with Gasteiger partial charge >= 0.3 is 0 Å². The number of nitrogens with zero attached hydrogens (tertiary/aromatic N) is 1. The van der Waals surface area contributed by atoms with Gasteiger partial charge in [0.05, 0.1) is 0 Å². The van der Waals surface area contributed by atoms with E-state index in [1.54, 1.807) is 13.1 Å². The molecule has 1 aliphatic heterocycles. The summed E-state index contributed by atoms with van der Waals surface area (Å²) in [6, 6.07) is 3.13. The Kier molecular flexibility index (Phi) is 1.80. The molecule has 0 aromatic heterocycles. The maximum absolute atomic E-state index is 13.4. The fourth-order valence-electron chi connectivity index (χ4n) is 1.48. The number of carbonyl (C=O) groups excluding carboxylic acids is 1. The number of rotatable bonds is 0. The summed E-state index contributed by atoms with van der Waals surface area (Å²) in [6.45, 7) is 0.342. The molecule has 0 saturated carbocycles. The molecule has 1 aliphatic rings. The Morgan fingerprint density at radius 2 is 2.23 bits per heavy atom. The molecule has 2 nitrogen and oxygen atoms in total. The zero-order valence-corrected chi connectivity index (χ0v) is 7.94. The van der Waals surface area contributed by atoms with E-state index >= 15 is 0 Å². The first-order valence-electron chi connectivity index (χ1n) is 3.87. The molecule has 0 spiro atoms. The van der Waals surface area contributed by atoms with Gasteiger partial charge in [-0.05, 0) is 12.1 Å². The molecule has 0 aliphatic carbocycles. The number of benzene rings is 1. The Labute approximate surface area is 80.8 Å². The smallest absolute Gasteiger partial charge is 0.254 e. The lowest BCUT2D eigenvalue weighted by Crippen LogP contribution is -2.17. The lowest BCUT2D eigenvalue weighted by atomic mass is 10.1. The molecule has 0 atom stereocenters. The molecule has 68 valence electrons. The van der Waals surface area contributed by atoms with Crippen LogP contribution in [-0.2, 0) is 6.54 Å². The van der Waals surface area contributed by atoms with Crippen molar-refractivity contribution in [3.8, 4) is 0 Å². The second-order valence-corrected chi connectivity index (χ2v) is 3.57. The van der Waals surface area contributed by atoms with E-state index in [1.165, 1.54) is 11.0 Å². The maximum atomic E-state index is 13.4.